The van der Waals surface area contributed by atoms with Crippen LogP contribution < -0.4 is 10.2 Å². The van der Waals surface area contributed by atoms with E-state index < -0.39 is 17.4 Å². The second kappa shape index (κ2) is 6.78. The van der Waals surface area contributed by atoms with Crippen LogP contribution in [0.25, 0.3) is 0 Å². The number of imide groups is 1. The Morgan fingerprint density at radius 2 is 1.96 bits per heavy atom. The summed E-state index contributed by atoms with van der Waals surface area (Å²) in [5.74, 6) is -1.06. The van der Waals surface area contributed by atoms with Crippen molar-refractivity contribution in [1.82, 2.24) is 10.2 Å². The topological polar surface area (TPSA) is 69.7 Å². The Labute approximate surface area is 161 Å². The molecule has 1 saturated carbocycles. The predicted molar refractivity (Wildman–Crippen MR) is 98.1 cm³/mol. The Bertz CT molecular complexity index is 823. The maximum Gasteiger partial charge on any atom is 0.325 e. The van der Waals surface area contributed by atoms with Crippen molar-refractivity contribution >= 4 is 35.1 Å². The van der Waals surface area contributed by atoms with Crippen LogP contribution in [-0.2, 0) is 16.0 Å². The minimum absolute atomic E-state index is 0.00624. The van der Waals surface area contributed by atoms with Gasteiger partial charge in [-0.15, -0.1) is 0 Å². The van der Waals surface area contributed by atoms with E-state index in [0.29, 0.717) is 42.8 Å². The molecular weight excluding hydrogens is 373 g/mol. The maximum absolute atomic E-state index is 14.4. The van der Waals surface area contributed by atoms with E-state index in [1.165, 1.54) is 11.0 Å². The molecule has 0 radical (unpaired) electrons. The number of rotatable bonds is 3. The molecule has 1 saturated heterocycles. The number of amides is 4. The summed E-state index contributed by atoms with van der Waals surface area (Å²) in [6.07, 6.45) is 4.45. The number of urea groups is 1. The molecule has 2 aliphatic heterocycles. The molecule has 4 amide bonds. The minimum atomic E-state index is -0.777. The lowest BCUT2D eigenvalue weighted by atomic mass is 9.98. The van der Waals surface area contributed by atoms with Crippen LogP contribution in [-0.4, -0.2) is 41.4 Å². The molecular formula is C19H21ClFN3O3. The molecule has 1 aromatic carbocycles. The molecule has 6 nitrogen and oxygen atoms in total. The third-order valence-electron chi connectivity index (χ3n) is 5.76. The largest absolute Gasteiger partial charge is 0.325 e. The fourth-order valence-corrected chi connectivity index (χ4v) is 4.67. The maximum atomic E-state index is 14.4. The van der Waals surface area contributed by atoms with Gasteiger partial charge in [0.15, 0.2) is 0 Å². The molecule has 1 spiro atoms. The van der Waals surface area contributed by atoms with E-state index in [2.05, 4.69) is 5.32 Å². The number of nitrogens with one attached hydrogen (secondary N) is 1. The highest BCUT2D eigenvalue weighted by molar-refractivity contribution is 6.30. The molecule has 2 fully saturated rings. The fraction of sp³-hybridized carbons (Fsp3) is 0.526. The van der Waals surface area contributed by atoms with Gasteiger partial charge in [-0.1, -0.05) is 24.4 Å². The van der Waals surface area contributed by atoms with Gasteiger partial charge in [0.25, 0.3) is 5.91 Å². The van der Waals surface area contributed by atoms with Gasteiger partial charge in [0.2, 0.25) is 5.91 Å². The molecule has 1 N–H and O–H groups in total. The Morgan fingerprint density at radius 1 is 1.22 bits per heavy atom. The highest BCUT2D eigenvalue weighted by Gasteiger charge is 2.52. The first kappa shape index (κ1) is 18.2. The smallest absolute Gasteiger partial charge is 0.323 e. The standard InChI is InChI=1S/C19H21ClFN3O3/c20-13-10-12-4-3-8-23(16(12)14(21)11-13)15(25)5-9-24-17(26)19(22-18(24)27)6-1-2-7-19/h10-11H,1-9H2,(H,22,27). The monoisotopic (exact) mass is 393 g/mol. The van der Waals surface area contributed by atoms with E-state index in [1.54, 1.807) is 6.07 Å². The number of anilines is 1. The van der Waals surface area contributed by atoms with Crippen LogP contribution in [0.3, 0.4) is 0 Å². The van der Waals surface area contributed by atoms with Gasteiger partial charge in [-0.25, -0.2) is 9.18 Å². The highest BCUT2D eigenvalue weighted by Crippen LogP contribution is 2.36. The van der Waals surface area contributed by atoms with Gasteiger partial charge in [0.05, 0.1) is 5.69 Å². The number of halogens is 2. The summed E-state index contributed by atoms with van der Waals surface area (Å²) in [4.78, 5) is 40.2. The highest BCUT2D eigenvalue weighted by atomic mass is 35.5. The van der Waals surface area contributed by atoms with Gasteiger partial charge < -0.3 is 10.2 Å². The summed E-state index contributed by atoms with van der Waals surface area (Å²) in [6, 6.07) is 2.44. The summed E-state index contributed by atoms with van der Waals surface area (Å²) >= 11 is 5.92. The first-order valence-electron chi connectivity index (χ1n) is 9.34. The number of carbonyl (C=O) groups is 3. The lowest BCUT2D eigenvalue weighted by Gasteiger charge is -2.30. The summed E-state index contributed by atoms with van der Waals surface area (Å²) < 4.78 is 14.4. The zero-order valence-electron chi connectivity index (χ0n) is 14.9. The molecule has 4 rings (SSSR count). The van der Waals surface area contributed by atoms with E-state index in [-0.39, 0.29) is 30.5 Å². The molecule has 0 unspecified atom stereocenters. The average molecular weight is 394 g/mol. The van der Waals surface area contributed by atoms with Crippen molar-refractivity contribution in [2.45, 2.75) is 50.5 Å². The summed E-state index contributed by atoms with van der Waals surface area (Å²) in [5.41, 5.74) is 0.195. The molecule has 27 heavy (non-hydrogen) atoms. The Balaban J connectivity index is 1.47. The number of nitrogens with zero attached hydrogens (tertiary/aromatic N) is 2. The minimum Gasteiger partial charge on any atom is -0.323 e. The summed E-state index contributed by atoms with van der Waals surface area (Å²) in [6.45, 7) is 0.417. The van der Waals surface area contributed by atoms with Crippen molar-refractivity contribution in [3.63, 3.8) is 0 Å². The lowest BCUT2D eigenvalue weighted by Crippen LogP contribution is -2.44. The fourth-order valence-electron chi connectivity index (χ4n) is 4.44. The number of benzene rings is 1. The van der Waals surface area contributed by atoms with Crippen molar-refractivity contribution in [2.24, 2.45) is 0 Å². The van der Waals surface area contributed by atoms with Gasteiger partial charge in [0, 0.05) is 24.5 Å². The average Bonchev–Trinajstić information content (AvgIpc) is 3.18. The van der Waals surface area contributed by atoms with Crippen LogP contribution >= 0.6 is 11.6 Å². The molecule has 0 bridgehead atoms. The van der Waals surface area contributed by atoms with Crippen molar-refractivity contribution in [2.75, 3.05) is 18.0 Å². The molecule has 3 aliphatic rings. The third-order valence-corrected chi connectivity index (χ3v) is 5.98. The third kappa shape index (κ3) is 3.08. The molecule has 8 heteroatoms. The van der Waals surface area contributed by atoms with E-state index in [9.17, 15) is 18.8 Å². The number of carbonyl (C=O) groups excluding carboxylic acids is 3. The van der Waals surface area contributed by atoms with Crippen LogP contribution in [0.15, 0.2) is 12.1 Å². The Morgan fingerprint density at radius 3 is 2.70 bits per heavy atom. The molecule has 1 aromatic rings. The van der Waals surface area contributed by atoms with Gasteiger partial charge >= 0.3 is 6.03 Å². The predicted octanol–water partition coefficient (Wildman–Crippen LogP) is 3.01. The van der Waals surface area contributed by atoms with Crippen molar-refractivity contribution < 1.29 is 18.8 Å². The van der Waals surface area contributed by atoms with Crippen LogP contribution in [0.4, 0.5) is 14.9 Å². The first-order valence-corrected chi connectivity index (χ1v) is 9.71. The number of hydrogen-bond donors (Lipinski definition) is 1. The lowest BCUT2D eigenvalue weighted by molar-refractivity contribution is -0.131. The van der Waals surface area contributed by atoms with Crippen LogP contribution in [0.2, 0.25) is 5.02 Å². The van der Waals surface area contributed by atoms with Gasteiger partial charge in [-0.05, 0) is 43.4 Å². The zero-order valence-corrected chi connectivity index (χ0v) is 15.6. The second-order valence-electron chi connectivity index (χ2n) is 7.47. The van der Waals surface area contributed by atoms with Gasteiger partial charge in [0.1, 0.15) is 11.4 Å². The van der Waals surface area contributed by atoms with E-state index in [4.69, 9.17) is 11.6 Å². The van der Waals surface area contributed by atoms with Crippen LogP contribution in [0.1, 0.15) is 44.1 Å². The first-order chi connectivity index (χ1) is 12.9. The normalized spacial score (nSPS) is 21.0. The quantitative estimate of drug-likeness (QED) is 0.802. The number of hydrogen-bond acceptors (Lipinski definition) is 3. The van der Waals surface area contributed by atoms with E-state index >= 15 is 0 Å². The molecule has 144 valence electrons. The van der Waals surface area contributed by atoms with Crippen molar-refractivity contribution in [1.29, 1.82) is 0 Å². The number of aryl methyl sites for hydroxylation is 1. The van der Waals surface area contributed by atoms with E-state index in [1.807, 2.05) is 0 Å². The Kier molecular flexibility index (Phi) is 4.58. The zero-order chi connectivity index (χ0) is 19.2. The van der Waals surface area contributed by atoms with E-state index in [0.717, 1.165) is 17.7 Å². The number of fused-ring (bicyclic) bond motifs is 1. The molecule has 0 atom stereocenters. The molecule has 0 aromatic heterocycles. The van der Waals surface area contributed by atoms with Crippen molar-refractivity contribution in [3.8, 4) is 0 Å². The summed E-state index contributed by atoms with van der Waals surface area (Å²) in [7, 11) is 0. The second-order valence-corrected chi connectivity index (χ2v) is 7.91. The summed E-state index contributed by atoms with van der Waals surface area (Å²) in [5, 5.41) is 3.11. The van der Waals surface area contributed by atoms with Crippen LogP contribution in [0, 0.1) is 5.82 Å². The van der Waals surface area contributed by atoms with Gasteiger partial charge in [-0.2, -0.15) is 0 Å². The van der Waals surface area contributed by atoms with Gasteiger partial charge in [-0.3, -0.25) is 14.5 Å². The van der Waals surface area contributed by atoms with Crippen LogP contribution in [0.5, 0.6) is 0 Å². The SMILES string of the molecule is O=C1NC2(CCCC2)C(=O)N1CCC(=O)N1CCCc2cc(Cl)cc(F)c21. The Hall–Kier alpha value is -2.15. The van der Waals surface area contributed by atoms with Crippen molar-refractivity contribution in [3.05, 3.63) is 28.5 Å². The molecule has 1 aliphatic carbocycles. The molecule has 2 heterocycles.